The van der Waals surface area contributed by atoms with Crippen molar-refractivity contribution in [3.8, 4) is 11.5 Å². The molecule has 0 aromatic heterocycles. The lowest BCUT2D eigenvalue weighted by atomic mass is 10.2. The van der Waals surface area contributed by atoms with Gasteiger partial charge in [-0.15, -0.1) is 0 Å². The number of allylic oxidation sites excluding steroid dienone is 6. The molecule has 2 nitrogen and oxygen atoms in total. The molecule has 2 aliphatic rings. The van der Waals surface area contributed by atoms with Gasteiger partial charge in [0, 0.05) is 22.6 Å². The number of hydrogen-bond donors (Lipinski definition) is 0. The van der Waals surface area contributed by atoms with Gasteiger partial charge in [-0.05, 0) is 72.9 Å². The van der Waals surface area contributed by atoms with Gasteiger partial charge in [0.25, 0.3) is 0 Å². The Morgan fingerprint density at radius 1 is 0.543 bits per heavy atom. The van der Waals surface area contributed by atoms with Crippen LogP contribution in [0.1, 0.15) is 12.8 Å². The van der Waals surface area contributed by atoms with E-state index in [4.69, 9.17) is 33.9 Å². The second kappa shape index (κ2) is 11.0. The second-order valence-corrected chi connectivity index (χ2v) is 10.9. The van der Waals surface area contributed by atoms with Gasteiger partial charge in [-0.25, -0.2) is 0 Å². The van der Waals surface area contributed by atoms with E-state index in [1.54, 1.807) is 0 Å². The lowest BCUT2D eigenvalue weighted by Gasteiger charge is -2.17. The van der Waals surface area contributed by atoms with E-state index in [0.29, 0.717) is 0 Å². The number of hydrogen-bond acceptors (Lipinski definition) is 4. The average molecular weight is 512 g/mol. The first kappa shape index (κ1) is 23.5. The minimum atomic E-state index is -0.465. The summed E-state index contributed by atoms with van der Waals surface area (Å²) in [5, 5.41) is 0. The predicted molar refractivity (Wildman–Crippen MR) is 152 cm³/mol. The summed E-state index contributed by atoms with van der Waals surface area (Å²) >= 11 is 10.6. The highest BCUT2D eigenvalue weighted by Crippen LogP contribution is 2.41. The molecule has 0 bridgehead atoms. The van der Waals surface area contributed by atoms with Crippen LogP contribution < -0.4 is 9.47 Å². The van der Waals surface area contributed by atoms with Crippen molar-refractivity contribution in [1.82, 2.24) is 0 Å². The lowest BCUT2D eigenvalue weighted by Crippen LogP contribution is -2.10. The molecule has 0 spiro atoms. The first-order valence-corrected chi connectivity index (χ1v) is 13.4. The normalized spacial score (nSPS) is 15.1. The molecule has 0 aliphatic heterocycles. The number of ether oxygens (including phenoxy) is 2. The fourth-order valence-corrected chi connectivity index (χ4v) is 6.29. The van der Waals surface area contributed by atoms with E-state index < -0.39 is 10.9 Å². The maximum atomic E-state index is 6.40. The molecular weight excluding hydrogens is 489 g/mol. The number of thiocarbonyl (C=S) groups is 2. The number of para-hydroxylation sites is 2. The Balaban J connectivity index is 1.58. The quantitative estimate of drug-likeness (QED) is 0.236. The fourth-order valence-electron chi connectivity index (χ4n) is 3.77. The van der Waals surface area contributed by atoms with Gasteiger partial charge in [0.15, 0.2) is 16.4 Å². The number of rotatable bonds is 7. The average Bonchev–Trinajstić information content (AvgIpc) is 2.89. The van der Waals surface area contributed by atoms with Gasteiger partial charge in [0.2, 0.25) is 9.79 Å². The highest BCUT2D eigenvalue weighted by atomic mass is 32.2. The van der Waals surface area contributed by atoms with Gasteiger partial charge in [-0.2, -0.15) is 0 Å². The molecule has 0 N–H and O–H groups in total. The summed E-state index contributed by atoms with van der Waals surface area (Å²) < 4.78 is 12.8. The first-order chi connectivity index (χ1) is 17.2. The van der Waals surface area contributed by atoms with Crippen LogP contribution >= 0.6 is 24.4 Å². The molecule has 0 amide bonds. The highest BCUT2D eigenvalue weighted by Gasteiger charge is 2.35. The number of benzene rings is 3. The minimum absolute atomic E-state index is 0.465. The Morgan fingerprint density at radius 3 is 1.46 bits per heavy atom. The molecular formula is C30H23O2S3+. The molecule has 0 radical (unpaired) electrons. The standard InChI is InChI=1S/C30H23O2S3/c33-24-18-14-22(15-19-24)31-27-10-4-6-12-29(27)35(26-8-2-1-3-9-26)30-13-7-5-11-28(30)32-23-16-20-25(34)21-17-23/h1-18,20H,19,21H2/q+1. The molecule has 0 unspecified atom stereocenters. The topological polar surface area (TPSA) is 18.5 Å². The van der Waals surface area contributed by atoms with Gasteiger partial charge < -0.3 is 9.47 Å². The van der Waals surface area contributed by atoms with Gasteiger partial charge in [0.05, 0.1) is 0 Å². The molecule has 0 heterocycles. The van der Waals surface area contributed by atoms with Crippen molar-refractivity contribution in [1.29, 1.82) is 0 Å². The van der Waals surface area contributed by atoms with Crippen LogP contribution in [0.5, 0.6) is 11.5 Å². The Labute approximate surface area is 219 Å². The smallest absolute Gasteiger partial charge is 0.209 e. The van der Waals surface area contributed by atoms with Crippen molar-refractivity contribution in [2.75, 3.05) is 0 Å². The van der Waals surface area contributed by atoms with Crippen LogP contribution in [0.25, 0.3) is 0 Å². The first-order valence-electron chi connectivity index (χ1n) is 11.3. The van der Waals surface area contributed by atoms with E-state index in [1.165, 1.54) is 4.90 Å². The van der Waals surface area contributed by atoms with Crippen molar-refractivity contribution in [3.63, 3.8) is 0 Å². The van der Waals surface area contributed by atoms with Crippen LogP contribution in [0.2, 0.25) is 0 Å². The van der Waals surface area contributed by atoms with Crippen molar-refractivity contribution in [2.45, 2.75) is 27.5 Å². The van der Waals surface area contributed by atoms with E-state index in [2.05, 4.69) is 48.5 Å². The van der Waals surface area contributed by atoms with Crippen LogP contribution in [0.4, 0.5) is 0 Å². The summed E-state index contributed by atoms with van der Waals surface area (Å²) in [4.78, 5) is 5.18. The van der Waals surface area contributed by atoms with Crippen LogP contribution in [-0.2, 0) is 10.9 Å². The van der Waals surface area contributed by atoms with E-state index in [-0.39, 0.29) is 0 Å². The Kier molecular flexibility index (Phi) is 7.38. The molecule has 172 valence electrons. The predicted octanol–water partition coefficient (Wildman–Crippen LogP) is 7.97. The molecule has 5 heteroatoms. The zero-order chi connectivity index (χ0) is 24.0. The maximum Gasteiger partial charge on any atom is 0.209 e. The molecule has 3 aromatic carbocycles. The van der Waals surface area contributed by atoms with Gasteiger partial charge in [0.1, 0.15) is 22.4 Å². The lowest BCUT2D eigenvalue weighted by molar-refractivity contribution is 0.429. The zero-order valence-electron chi connectivity index (χ0n) is 18.9. The molecule has 2 aliphatic carbocycles. The van der Waals surface area contributed by atoms with Crippen LogP contribution in [0, 0.1) is 0 Å². The third-order valence-corrected chi connectivity index (χ3v) is 8.35. The molecule has 5 rings (SSSR count). The van der Waals surface area contributed by atoms with E-state index in [9.17, 15) is 0 Å². The largest absolute Gasteiger partial charge is 0.452 e. The van der Waals surface area contributed by atoms with Crippen molar-refractivity contribution < 1.29 is 9.47 Å². The van der Waals surface area contributed by atoms with Crippen molar-refractivity contribution in [2.24, 2.45) is 0 Å². The summed E-state index contributed by atoms with van der Waals surface area (Å²) in [6.45, 7) is 0. The summed E-state index contributed by atoms with van der Waals surface area (Å²) in [5.74, 6) is 3.25. The SMILES string of the molecule is S=C1C=CC(Oc2ccccc2[S+](c2ccccc2)c2ccccc2OC2=CCC(=S)C=C2)=CC1. The van der Waals surface area contributed by atoms with Crippen molar-refractivity contribution >= 4 is 45.1 Å². The van der Waals surface area contributed by atoms with Crippen LogP contribution in [0.3, 0.4) is 0 Å². The Morgan fingerprint density at radius 2 is 1.00 bits per heavy atom. The summed E-state index contributed by atoms with van der Waals surface area (Å²) in [5.41, 5.74) is 0. The minimum Gasteiger partial charge on any atom is -0.452 e. The van der Waals surface area contributed by atoms with E-state index in [1.807, 2.05) is 66.8 Å². The molecule has 35 heavy (non-hydrogen) atoms. The Bertz CT molecular complexity index is 1300. The van der Waals surface area contributed by atoms with Gasteiger partial charge in [-0.3, -0.25) is 0 Å². The zero-order valence-corrected chi connectivity index (χ0v) is 21.4. The molecule has 3 aromatic rings. The maximum absolute atomic E-state index is 6.40. The van der Waals surface area contributed by atoms with Crippen LogP contribution in [0.15, 0.2) is 142 Å². The van der Waals surface area contributed by atoms with Crippen LogP contribution in [-0.4, -0.2) is 9.73 Å². The monoisotopic (exact) mass is 511 g/mol. The van der Waals surface area contributed by atoms with E-state index in [0.717, 1.165) is 55.4 Å². The van der Waals surface area contributed by atoms with E-state index >= 15 is 0 Å². The van der Waals surface area contributed by atoms with Crippen molar-refractivity contribution in [3.05, 3.63) is 127 Å². The second-order valence-electron chi connectivity index (χ2n) is 7.94. The van der Waals surface area contributed by atoms with Gasteiger partial charge >= 0.3 is 0 Å². The summed E-state index contributed by atoms with van der Waals surface area (Å²) in [7, 11) is -0.465. The third-order valence-electron chi connectivity index (χ3n) is 5.45. The molecule has 0 saturated carbocycles. The third kappa shape index (κ3) is 5.70. The summed E-state index contributed by atoms with van der Waals surface area (Å²) in [6, 6.07) is 27.0. The summed E-state index contributed by atoms with van der Waals surface area (Å²) in [6.07, 6.45) is 13.2. The molecule has 0 atom stereocenters. The van der Waals surface area contributed by atoms with Gasteiger partial charge in [-0.1, -0.05) is 66.9 Å². The molecule has 0 fully saturated rings. The highest BCUT2D eigenvalue weighted by molar-refractivity contribution is 7.97. The molecule has 0 saturated heterocycles. The fraction of sp³-hybridized carbons (Fsp3) is 0.0667. The Hall–Kier alpha value is -3.25.